The second-order valence-corrected chi connectivity index (χ2v) is 9.33. The van der Waals surface area contributed by atoms with Crippen molar-refractivity contribution in [3.63, 3.8) is 0 Å². The fourth-order valence-corrected chi connectivity index (χ4v) is 5.96. The van der Waals surface area contributed by atoms with Crippen molar-refractivity contribution in [2.24, 2.45) is 5.92 Å². The minimum absolute atomic E-state index is 0. The number of fused-ring (bicyclic) bond motifs is 7. The molecular weight excluding hydrogens is 436 g/mol. The number of hydrogen-bond donors (Lipinski definition) is 2. The van der Waals surface area contributed by atoms with Crippen molar-refractivity contribution in [3.8, 4) is 5.75 Å². The van der Waals surface area contributed by atoms with Gasteiger partial charge in [0.25, 0.3) is 0 Å². The Bertz CT molecular complexity index is 1460. The van der Waals surface area contributed by atoms with E-state index in [1.54, 1.807) is 7.11 Å². The van der Waals surface area contributed by atoms with E-state index in [0.717, 1.165) is 57.2 Å². The van der Waals surface area contributed by atoms with E-state index in [-0.39, 0.29) is 12.4 Å². The average Bonchev–Trinajstić information content (AvgIpc) is 3.55. The summed E-state index contributed by atoms with van der Waals surface area (Å²) in [7, 11) is 1.70. The van der Waals surface area contributed by atoms with Gasteiger partial charge < -0.3 is 24.0 Å². The van der Waals surface area contributed by atoms with E-state index < -0.39 is 0 Å². The van der Waals surface area contributed by atoms with Gasteiger partial charge in [-0.1, -0.05) is 0 Å². The highest BCUT2D eigenvalue weighted by Gasteiger charge is 2.36. The number of H-pyrrole nitrogens is 2. The third kappa shape index (κ3) is 3.23. The Morgan fingerprint density at radius 1 is 1.09 bits per heavy atom. The minimum Gasteiger partial charge on any atom is -0.497 e. The molecule has 0 spiro atoms. The minimum atomic E-state index is 0. The van der Waals surface area contributed by atoms with Crippen LogP contribution in [0.25, 0.3) is 32.9 Å². The van der Waals surface area contributed by atoms with Crippen molar-refractivity contribution in [1.29, 1.82) is 0 Å². The molecule has 7 heteroatoms. The van der Waals surface area contributed by atoms with Crippen LogP contribution in [0.2, 0.25) is 0 Å². The Morgan fingerprint density at radius 2 is 1.91 bits per heavy atom. The molecule has 3 fully saturated rings. The lowest BCUT2D eigenvalue weighted by Gasteiger charge is -2.44. The summed E-state index contributed by atoms with van der Waals surface area (Å²) >= 11 is 0. The van der Waals surface area contributed by atoms with E-state index in [1.807, 2.05) is 24.4 Å². The maximum Gasteiger partial charge on any atom is 0.200 e. The molecular formula is C26H27ClN4O2. The van der Waals surface area contributed by atoms with E-state index >= 15 is 0 Å². The van der Waals surface area contributed by atoms with E-state index in [0.29, 0.717) is 12.3 Å². The first-order valence-corrected chi connectivity index (χ1v) is 11.5. The summed E-state index contributed by atoms with van der Waals surface area (Å²) in [6.07, 6.45) is 7.52. The van der Waals surface area contributed by atoms with Gasteiger partial charge in [0.2, 0.25) is 0 Å². The fourth-order valence-electron chi connectivity index (χ4n) is 5.96. The van der Waals surface area contributed by atoms with Crippen LogP contribution in [0.5, 0.6) is 5.75 Å². The zero-order valence-corrected chi connectivity index (χ0v) is 19.4. The van der Waals surface area contributed by atoms with Gasteiger partial charge in [-0.15, -0.1) is 12.4 Å². The molecule has 0 aliphatic carbocycles. The van der Waals surface area contributed by atoms with Crippen LogP contribution in [0, 0.1) is 5.92 Å². The molecule has 3 saturated heterocycles. The molecule has 2 N–H and O–H groups in total. The number of hydrogen-bond acceptors (Lipinski definition) is 4. The van der Waals surface area contributed by atoms with Gasteiger partial charge in [0.1, 0.15) is 11.3 Å². The van der Waals surface area contributed by atoms with Crippen LogP contribution >= 0.6 is 12.4 Å². The quantitative estimate of drug-likeness (QED) is 0.363. The molecule has 3 aliphatic heterocycles. The number of piperidine rings is 3. The van der Waals surface area contributed by atoms with Crippen LogP contribution in [0.4, 0.5) is 0 Å². The van der Waals surface area contributed by atoms with Gasteiger partial charge in [-0.25, -0.2) is 4.98 Å². The third-order valence-electron chi connectivity index (χ3n) is 7.65. The molecule has 6 heterocycles. The molecule has 170 valence electrons. The molecule has 8 rings (SSSR count). The van der Waals surface area contributed by atoms with Gasteiger partial charge in [-0.2, -0.15) is 0 Å². The molecule has 0 amide bonds. The topological polar surface area (TPSA) is 70.1 Å². The van der Waals surface area contributed by atoms with Crippen molar-refractivity contribution in [2.75, 3.05) is 26.7 Å². The van der Waals surface area contributed by atoms with Crippen LogP contribution < -0.4 is 4.74 Å². The number of methoxy groups -OCH3 is 1. The van der Waals surface area contributed by atoms with Crippen molar-refractivity contribution in [1.82, 2.24) is 19.9 Å². The molecule has 0 saturated carbocycles. The molecule has 2 bridgehead atoms. The zero-order chi connectivity index (χ0) is 21.2. The Labute approximate surface area is 197 Å². The lowest BCUT2D eigenvalue weighted by Crippen LogP contribution is -2.46. The predicted molar refractivity (Wildman–Crippen MR) is 133 cm³/mol. The summed E-state index contributed by atoms with van der Waals surface area (Å²) in [5.41, 5.74) is 6.68. The Balaban J connectivity index is 0.00000206. The second kappa shape index (κ2) is 7.82. The van der Waals surface area contributed by atoms with E-state index in [4.69, 9.17) is 14.1 Å². The van der Waals surface area contributed by atoms with Crippen molar-refractivity contribution in [2.45, 2.75) is 25.2 Å². The van der Waals surface area contributed by atoms with E-state index in [9.17, 15) is 0 Å². The Kier molecular flexibility index (Phi) is 4.89. The summed E-state index contributed by atoms with van der Waals surface area (Å²) in [4.78, 5) is 14.5. The molecule has 1 atom stereocenters. The van der Waals surface area contributed by atoms with Gasteiger partial charge in [0, 0.05) is 46.7 Å². The van der Waals surface area contributed by atoms with E-state index in [2.05, 4.69) is 33.2 Å². The number of nitrogens with zero attached hydrogens (tertiary/aromatic N) is 2. The second-order valence-electron chi connectivity index (χ2n) is 9.33. The molecule has 33 heavy (non-hydrogen) atoms. The summed E-state index contributed by atoms with van der Waals surface area (Å²) in [6, 6.07) is 10.3. The Hall–Kier alpha value is -2.96. The number of aromatic nitrogens is 3. The molecule has 1 unspecified atom stereocenters. The van der Waals surface area contributed by atoms with Crippen molar-refractivity contribution in [3.05, 3.63) is 59.7 Å². The number of rotatable bonds is 4. The number of benzene rings is 2. The Morgan fingerprint density at radius 3 is 2.70 bits per heavy atom. The summed E-state index contributed by atoms with van der Waals surface area (Å²) in [5.74, 6) is 2.96. The number of nitrogens with one attached hydrogen (secondary N) is 2. The summed E-state index contributed by atoms with van der Waals surface area (Å²) in [5, 5.41) is 2.39. The lowest BCUT2D eigenvalue weighted by molar-refractivity contribution is 0.0877. The van der Waals surface area contributed by atoms with Crippen molar-refractivity contribution < 1.29 is 9.15 Å². The van der Waals surface area contributed by atoms with Gasteiger partial charge in [-0.05, 0) is 73.3 Å². The van der Waals surface area contributed by atoms with E-state index in [1.165, 1.54) is 36.9 Å². The normalized spacial score (nSPS) is 22.3. The van der Waals surface area contributed by atoms with Gasteiger partial charge in [0.15, 0.2) is 11.5 Å². The van der Waals surface area contributed by atoms with Crippen LogP contribution in [-0.4, -0.2) is 46.6 Å². The molecule has 2 aromatic carbocycles. The monoisotopic (exact) mass is 462 g/mol. The summed E-state index contributed by atoms with van der Waals surface area (Å²) in [6.45, 7) is 3.67. The number of aromatic amines is 2. The molecule has 5 aromatic rings. The molecule has 6 nitrogen and oxygen atoms in total. The van der Waals surface area contributed by atoms with Gasteiger partial charge >= 0.3 is 0 Å². The number of halogens is 1. The maximum atomic E-state index is 6.25. The van der Waals surface area contributed by atoms with Crippen LogP contribution in [0.15, 0.2) is 47.1 Å². The highest BCUT2D eigenvalue weighted by atomic mass is 35.5. The van der Waals surface area contributed by atoms with Crippen LogP contribution in [-0.2, 0) is 6.42 Å². The molecule has 3 aromatic heterocycles. The smallest absolute Gasteiger partial charge is 0.200 e. The SMILES string of the molecule is COc1ccc2[nH]cc(Cc3nc4c(ccc5[nH]cc(C6CN7CCC6CC7)c54)o3)c2c1.Cl. The number of ether oxygens (including phenoxy) is 1. The van der Waals surface area contributed by atoms with Crippen LogP contribution in [0.3, 0.4) is 0 Å². The maximum absolute atomic E-state index is 6.25. The third-order valence-corrected chi connectivity index (χ3v) is 7.65. The van der Waals surface area contributed by atoms with Crippen LogP contribution in [0.1, 0.15) is 35.8 Å². The lowest BCUT2D eigenvalue weighted by atomic mass is 9.75. The fraction of sp³-hybridized carbons (Fsp3) is 0.346. The molecule has 0 radical (unpaired) electrons. The predicted octanol–water partition coefficient (Wildman–Crippen LogP) is 5.62. The first-order chi connectivity index (χ1) is 15.8. The average molecular weight is 463 g/mol. The highest BCUT2D eigenvalue weighted by molar-refractivity contribution is 6.04. The summed E-state index contributed by atoms with van der Waals surface area (Å²) < 4.78 is 11.7. The standard InChI is InChI=1S/C26H26N4O2.ClH/c1-31-17-2-3-21-18(11-17)16(12-27-21)10-24-29-26-23(32-24)5-4-22-25(26)19(13-28-22)20-14-30-8-6-15(20)7-9-30;/h2-5,11-13,15,20,27-28H,6-10,14H2,1H3;1H. The van der Waals surface area contributed by atoms with Gasteiger partial charge in [-0.3, -0.25) is 0 Å². The zero-order valence-electron chi connectivity index (χ0n) is 18.6. The first-order valence-electron chi connectivity index (χ1n) is 11.5. The number of oxazole rings is 1. The van der Waals surface area contributed by atoms with Crippen molar-refractivity contribution >= 4 is 45.3 Å². The van der Waals surface area contributed by atoms with Gasteiger partial charge in [0.05, 0.1) is 13.5 Å². The first kappa shape index (κ1) is 20.6. The largest absolute Gasteiger partial charge is 0.497 e. The highest BCUT2D eigenvalue weighted by Crippen LogP contribution is 2.43. The molecule has 3 aliphatic rings.